The maximum Gasteiger partial charge on any atom is 0.335 e. The predicted octanol–water partition coefficient (Wildman–Crippen LogP) is 11.0. The largest absolute Gasteiger partial charge is 0.423 e. The number of nitrogens with zero attached hydrogens (tertiary/aromatic N) is 1. The second-order valence-electron chi connectivity index (χ2n) is 12.6. The van der Waals surface area contributed by atoms with Gasteiger partial charge < -0.3 is 14.4 Å². The molecule has 51 heavy (non-hydrogen) atoms. The molecule has 0 aromatic heterocycles. The van der Waals surface area contributed by atoms with Crippen molar-refractivity contribution in [1.29, 1.82) is 0 Å². The van der Waals surface area contributed by atoms with Crippen LogP contribution in [0.4, 0.5) is 17.1 Å². The molecule has 0 bridgehead atoms. The summed E-state index contributed by atoms with van der Waals surface area (Å²) < 4.78 is 10.7. The number of anilines is 3. The van der Waals surface area contributed by atoms with E-state index in [0.29, 0.717) is 11.5 Å². The van der Waals surface area contributed by atoms with E-state index in [0.717, 1.165) is 51.5 Å². The molecule has 0 fully saturated rings. The van der Waals surface area contributed by atoms with E-state index in [1.165, 1.54) is 16.7 Å². The van der Waals surface area contributed by atoms with Gasteiger partial charge in [0.2, 0.25) is 0 Å². The molecule has 0 heterocycles. The second-order valence-corrected chi connectivity index (χ2v) is 12.6. The molecule has 5 nitrogen and oxygen atoms in total. The molecule has 0 amide bonds. The zero-order valence-electron chi connectivity index (χ0n) is 29.0. The summed E-state index contributed by atoms with van der Waals surface area (Å²) in [5.41, 5.74) is 10.2. The van der Waals surface area contributed by atoms with E-state index in [1.807, 2.05) is 24.3 Å². The Morgan fingerprint density at radius 2 is 0.784 bits per heavy atom. The summed E-state index contributed by atoms with van der Waals surface area (Å²) in [6, 6.07) is 49.3. The highest BCUT2D eigenvalue weighted by Gasteiger charge is 2.32. The van der Waals surface area contributed by atoms with Gasteiger partial charge in [0.15, 0.2) is 0 Å². The summed E-state index contributed by atoms with van der Waals surface area (Å²) in [5, 5.41) is 0. The molecule has 0 radical (unpaired) electrons. The van der Waals surface area contributed by atoms with Crippen LogP contribution in [-0.4, -0.2) is 11.9 Å². The first kappa shape index (κ1) is 34.4. The summed E-state index contributed by atoms with van der Waals surface area (Å²) in [6.45, 7) is 13.3. The van der Waals surface area contributed by atoms with Crippen LogP contribution in [0, 0.1) is 13.8 Å². The smallest absolute Gasteiger partial charge is 0.335 e. The molecule has 0 N–H and O–H groups in total. The highest BCUT2D eigenvalue weighted by Crippen LogP contribution is 2.42. The molecule has 6 aromatic carbocycles. The van der Waals surface area contributed by atoms with Gasteiger partial charge in [-0.1, -0.05) is 109 Å². The van der Waals surface area contributed by atoms with Gasteiger partial charge in [-0.05, 0) is 109 Å². The third-order valence-corrected chi connectivity index (χ3v) is 9.14. The Bertz CT molecular complexity index is 2080. The van der Waals surface area contributed by atoms with Crippen molar-refractivity contribution in [3.05, 3.63) is 199 Å². The molecule has 0 saturated heterocycles. The highest BCUT2D eigenvalue weighted by atomic mass is 16.5. The fourth-order valence-electron chi connectivity index (χ4n) is 6.16. The highest BCUT2D eigenvalue weighted by molar-refractivity contribution is 5.84. The molecule has 0 aliphatic rings. The quantitative estimate of drug-likeness (QED) is 0.0595. The normalized spacial score (nSPS) is 11.0. The van der Waals surface area contributed by atoms with Gasteiger partial charge in [0, 0.05) is 34.6 Å². The van der Waals surface area contributed by atoms with E-state index >= 15 is 0 Å². The van der Waals surface area contributed by atoms with Crippen molar-refractivity contribution in [2.24, 2.45) is 0 Å². The van der Waals surface area contributed by atoms with E-state index < -0.39 is 17.4 Å². The minimum Gasteiger partial charge on any atom is -0.423 e. The summed E-state index contributed by atoms with van der Waals surface area (Å²) >= 11 is 0. The second kappa shape index (κ2) is 15.0. The van der Waals surface area contributed by atoms with Gasteiger partial charge in [0.1, 0.15) is 11.5 Å². The molecule has 6 aromatic rings. The molecule has 0 aliphatic carbocycles. The number of aryl methyl sites for hydroxylation is 2. The maximum absolute atomic E-state index is 11.9. The molecule has 0 saturated carbocycles. The first-order valence-corrected chi connectivity index (χ1v) is 16.7. The fourth-order valence-corrected chi connectivity index (χ4v) is 6.16. The maximum atomic E-state index is 11.9. The minimum atomic E-state index is -0.634. The average molecular weight is 670 g/mol. The van der Waals surface area contributed by atoms with Gasteiger partial charge in [-0.2, -0.15) is 0 Å². The van der Waals surface area contributed by atoms with Crippen molar-refractivity contribution in [1.82, 2.24) is 0 Å². The number of carbonyl (C=O) groups is 2. The molecule has 6 rings (SSSR count). The lowest BCUT2D eigenvalue weighted by atomic mass is 9.71. The summed E-state index contributed by atoms with van der Waals surface area (Å²) in [4.78, 5) is 26.0. The van der Waals surface area contributed by atoms with Crippen molar-refractivity contribution < 1.29 is 19.1 Å². The third kappa shape index (κ3) is 7.58. The van der Waals surface area contributed by atoms with Crippen molar-refractivity contribution in [2.75, 3.05) is 4.90 Å². The topological polar surface area (TPSA) is 55.8 Å². The lowest BCUT2D eigenvalue weighted by molar-refractivity contribution is -0.129. The first-order chi connectivity index (χ1) is 24.7. The molecule has 252 valence electrons. The van der Waals surface area contributed by atoms with Gasteiger partial charge >= 0.3 is 11.9 Å². The Kier molecular flexibility index (Phi) is 10.1. The van der Waals surface area contributed by atoms with Gasteiger partial charge in [-0.25, -0.2) is 9.59 Å². The zero-order valence-corrected chi connectivity index (χ0v) is 29.0. The fraction of sp³-hybridized carbons (Fsp3) is 0.0870. The van der Waals surface area contributed by atoms with E-state index in [9.17, 15) is 9.59 Å². The molecule has 0 unspecified atom stereocenters. The molecular formula is C46H39NO4. The monoisotopic (exact) mass is 669 g/mol. The lowest BCUT2D eigenvalue weighted by Crippen LogP contribution is -2.25. The van der Waals surface area contributed by atoms with E-state index in [1.54, 1.807) is 24.3 Å². The third-order valence-electron chi connectivity index (χ3n) is 9.14. The number of benzene rings is 6. The van der Waals surface area contributed by atoms with E-state index in [2.05, 4.69) is 136 Å². The van der Waals surface area contributed by atoms with Crippen molar-refractivity contribution in [2.45, 2.75) is 26.2 Å². The average Bonchev–Trinajstić information content (AvgIpc) is 3.17. The molecule has 0 spiro atoms. The Labute approximate surface area is 299 Å². The number of rotatable bonds is 11. The SMILES string of the molecule is C=CC(=O)Oc1ccc(C(C)(c2ccc(OC(=O)C=C)cc2)c2ccc(N(c3ccc(C)cc3)c3ccc(-c4ccc(C)cc4)cc3)cc2)cc1. The van der Waals surface area contributed by atoms with Crippen molar-refractivity contribution in [3.8, 4) is 22.6 Å². The Morgan fingerprint density at radius 1 is 0.490 bits per heavy atom. The van der Waals surface area contributed by atoms with Crippen LogP contribution < -0.4 is 14.4 Å². The number of hydrogen-bond acceptors (Lipinski definition) is 5. The lowest BCUT2D eigenvalue weighted by Gasteiger charge is -2.33. The van der Waals surface area contributed by atoms with Gasteiger partial charge in [0.25, 0.3) is 0 Å². The summed E-state index contributed by atoms with van der Waals surface area (Å²) in [5.74, 6) is -0.187. The van der Waals surface area contributed by atoms with Crippen LogP contribution in [0.15, 0.2) is 171 Å². The van der Waals surface area contributed by atoms with E-state index in [4.69, 9.17) is 9.47 Å². The van der Waals surface area contributed by atoms with Crippen molar-refractivity contribution in [3.63, 3.8) is 0 Å². The summed E-state index contributed by atoms with van der Waals surface area (Å²) in [6.07, 6.45) is 2.28. The van der Waals surface area contributed by atoms with Crippen LogP contribution in [0.25, 0.3) is 11.1 Å². The molecule has 0 atom stereocenters. The van der Waals surface area contributed by atoms with Crippen LogP contribution in [-0.2, 0) is 15.0 Å². The number of carbonyl (C=O) groups excluding carboxylic acids is 2. The molecular weight excluding hydrogens is 631 g/mol. The Hall–Kier alpha value is -6.46. The number of esters is 2. The molecule has 5 heteroatoms. The van der Waals surface area contributed by atoms with Gasteiger partial charge in [-0.15, -0.1) is 0 Å². The van der Waals surface area contributed by atoms with Crippen molar-refractivity contribution >= 4 is 29.0 Å². The minimum absolute atomic E-state index is 0.426. The number of ether oxygens (including phenoxy) is 2. The van der Waals surface area contributed by atoms with Crippen LogP contribution >= 0.6 is 0 Å². The predicted molar refractivity (Wildman–Crippen MR) is 206 cm³/mol. The standard InChI is InChI=1S/C46H39NO4/c1-6-44(48)50-42-28-18-37(19-29-42)46(5,38-20-30-43(31-21-38)51-45(49)7-2)36-16-26-41(27-17-36)47(39-22-10-33(4)11-23-39)40-24-14-35(15-25-40)34-12-8-32(3)9-13-34/h6-31H,1-2H2,3-5H3. The van der Waals surface area contributed by atoms with Crippen LogP contribution in [0.1, 0.15) is 34.7 Å². The molecule has 0 aliphatic heterocycles. The van der Waals surface area contributed by atoms with Crippen LogP contribution in [0.2, 0.25) is 0 Å². The Balaban J connectivity index is 1.40. The number of hydrogen-bond donors (Lipinski definition) is 0. The van der Waals surface area contributed by atoms with Gasteiger partial charge in [-0.3, -0.25) is 0 Å². The zero-order chi connectivity index (χ0) is 36.0. The van der Waals surface area contributed by atoms with Gasteiger partial charge in [0.05, 0.1) is 0 Å². The van der Waals surface area contributed by atoms with E-state index in [-0.39, 0.29) is 0 Å². The summed E-state index contributed by atoms with van der Waals surface area (Å²) in [7, 11) is 0. The van der Waals surface area contributed by atoms with Crippen LogP contribution in [0.5, 0.6) is 11.5 Å². The van der Waals surface area contributed by atoms with Crippen LogP contribution in [0.3, 0.4) is 0 Å². The first-order valence-electron chi connectivity index (χ1n) is 16.7. The Morgan fingerprint density at radius 3 is 1.16 bits per heavy atom.